The maximum absolute atomic E-state index is 9.69. The van der Waals surface area contributed by atoms with Crippen LogP contribution in [0.2, 0.25) is 0 Å². The van der Waals surface area contributed by atoms with E-state index >= 15 is 0 Å². The second-order valence-corrected chi connectivity index (χ2v) is 4.19. The van der Waals surface area contributed by atoms with Crippen LogP contribution in [0, 0.1) is 5.92 Å². The van der Waals surface area contributed by atoms with Crippen LogP contribution in [0.1, 0.15) is 31.4 Å². The monoisotopic (exact) mass is 191 g/mol. The first kappa shape index (κ1) is 9.66. The van der Waals surface area contributed by atoms with E-state index in [1.807, 2.05) is 24.4 Å². The van der Waals surface area contributed by atoms with Gasteiger partial charge in [0.2, 0.25) is 0 Å². The van der Waals surface area contributed by atoms with Crippen LogP contribution >= 0.6 is 0 Å². The molecule has 1 unspecified atom stereocenters. The van der Waals surface area contributed by atoms with Crippen LogP contribution in [0.3, 0.4) is 0 Å². The van der Waals surface area contributed by atoms with Crippen LogP contribution in [0.5, 0.6) is 0 Å². The first-order valence-corrected chi connectivity index (χ1v) is 5.42. The minimum Gasteiger partial charge on any atom is -0.393 e. The average molecular weight is 191 g/mol. The zero-order valence-electron chi connectivity index (χ0n) is 8.39. The van der Waals surface area contributed by atoms with E-state index in [0.29, 0.717) is 0 Å². The molecule has 0 amide bonds. The van der Waals surface area contributed by atoms with Gasteiger partial charge >= 0.3 is 0 Å². The van der Waals surface area contributed by atoms with Crippen molar-refractivity contribution in [2.45, 2.75) is 38.2 Å². The number of hydrogen-bond acceptors (Lipinski definition) is 2. The van der Waals surface area contributed by atoms with Gasteiger partial charge in [-0.1, -0.05) is 18.9 Å². The van der Waals surface area contributed by atoms with Crippen LogP contribution in [0.4, 0.5) is 0 Å². The molecule has 1 aliphatic rings. The molecule has 76 valence electrons. The highest BCUT2D eigenvalue weighted by molar-refractivity contribution is 5.03. The molecule has 0 radical (unpaired) electrons. The van der Waals surface area contributed by atoms with Crippen LogP contribution in [-0.4, -0.2) is 16.2 Å². The van der Waals surface area contributed by atoms with Gasteiger partial charge in [-0.2, -0.15) is 0 Å². The van der Waals surface area contributed by atoms with Gasteiger partial charge in [-0.05, 0) is 37.3 Å². The van der Waals surface area contributed by atoms with Gasteiger partial charge in [0.1, 0.15) is 0 Å². The van der Waals surface area contributed by atoms with Crippen LogP contribution in [-0.2, 0) is 6.42 Å². The SMILES string of the molecule is OC(CCc1ccccn1)CC1CC1. The average Bonchev–Trinajstić information content (AvgIpc) is 3.00. The van der Waals surface area contributed by atoms with Crippen molar-refractivity contribution in [3.05, 3.63) is 30.1 Å². The van der Waals surface area contributed by atoms with E-state index in [-0.39, 0.29) is 6.10 Å². The van der Waals surface area contributed by atoms with Crippen LogP contribution < -0.4 is 0 Å². The van der Waals surface area contributed by atoms with Crippen molar-refractivity contribution in [1.82, 2.24) is 4.98 Å². The molecule has 1 aromatic heterocycles. The molecule has 2 heteroatoms. The standard InChI is InChI=1S/C12H17NO/c14-12(9-10-4-5-10)7-6-11-3-1-2-8-13-11/h1-3,8,10,12,14H,4-7,9H2. The summed E-state index contributed by atoms with van der Waals surface area (Å²) >= 11 is 0. The van der Waals surface area contributed by atoms with E-state index in [2.05, 4.69) is 4.98 Å². The Bertz CT molecular complexity index is 269. The van der Waals surface area contributed by atoms with Gasteiger partial charge in [-0.15, -0.1) is 0 Å². The topological polar surface area (TPSA) is 33.1 Å². The van der Waals surface area contributed by atoms with Gasteiger partial charge in [0.15, 0.2) is 0 Å². The molecular formula is C12H17NO. The van der Waals surface area contributed by atoms with Crippen molar-refractivity contribution in [2.24, 2.45) is 5.92 Å². The summed E-state index contributed by atoms with van der Waals surface area (Å²) in [6.45, 7) is 0. The van der Waals surface area contributed by atoms with Gasteiger partial charge in [0.25, 0.3) is 0 Å². The molecule has 1 aromatic rings. The molecule has 0 bridgehead atoms. The van der Waals surface area contributed by atoms with Crippen molar-refractivity contribution in [2.75, 3.05) is 0 Å². The number of nitrogens with zero attached hydrogens (tertiary/aromatic N) is 1. The molecule has 0 aromatic carbocycles. The molecule has 14 heavy (non-hydrogen) atoms. The molecule has 1 atom stereocenters. The van der Waals surface area contributed by atoms with Crippen molar-refractivity contribution in [3.63, 3.8) is 0 Å². The van der Waals surface area contributed by atoms with Gasteiger partial charge < -0.3 is 5.11 Å². The van der Waals surface area contributed by atoms with Crippen molar-refractivity contribution < 1.29 is 5.11 Å². The quantitative estimate of drug-likeness (QED) is 0.773. The molecule has 2 nitrogen and oxygen atoms in total. The van der Waals surface area contributed by atoms with E-state index in [4.69, 9.17) is 0 Å². The molecule has 0 saturated heterocycles. The first-order valence-electron chi connectivity index (χ1n) is 5.42. The fraction of sp³-hybridized carbons (Fsp3) is 0.583. The molecule has 1 heterocycles. The molecular weight excluding hydrogens is 174 g/mol. The summed E-state index contributed by atoms with van der Waals surface area (Å²) in [6.07, 6.45) is 7.07. The normalized spacial score (nSPS) is 18.1. The number of rotatable bonds is 5. The summed E-state index contributed by atoms with van der Waals surface area (Å²) in [5, 5.41) is 9.69. The molecule has 1 saturated carbocycles. The number of hydrogen-bond donors (Lipinski definition) is 1. The highest BCUT2D eigenvalue weighted by Crippen LogP contribution is 2.34. The smallest absolute Gasteiger partial charge is 0.0546 e. The van der Waals surface area contributed by atoms with Crippen molar-refractivity contribution >= 4 is 0 Å². The van der Waals surface area contributed by atoms with Gasteiger partial charge in [-0.3, -0.25) is 4.98 Å². The number of aryl methyl sites for hydroxylation is 1. The summed E-state index contributed by atoms with van der Waals surface area (Å²) in [5.41, 5.74) is 1.09. The Balaban J connectivity index is 1.70. The minimum absolute atomic E-state index is 0.121. The van der Waals surface area contributed by atoms with Gasteiger partial charge in [0, 0.05) is 11.9 Å². The van der Waals surface area contributed by atoms with Crippen molar-refractivity contribution in [3.8, 4) is 0 Å². The lowest BCUT2D eigenvalue weighted by Gasteiger charge is -2.08. The maximum Gasteiger partial charge on any atom is 0.0546 e. The number of aliphatic hydroxyl groups excluding tert-OH is 1. The Morgan fingerprint density at radius 1 is 1.43 bits per heavy atom. The van der Waals surface area contributed by atoms with E-state index in [9.17, 15) is 5.11 Å². The molecule has 1 fully saturated rings. The summed E-state index contributed by atoms with van der Waals surface area (Å²) in [6, 6.07) is 5.93. The number of aromatic nitrogens is 1. The Kier molecular flexibility index (Phi) is 3.14. The molecule has 2 rings (SSSR count). The molecule has 1 N–H and O–H groups in total. The third-order valence-electron chi connectivity index (χ3n) is 2.76. The predicted octanol–water partition coefficient (Wildman–Crippen LogP) is 2.18. The molecule has 1 aliphatic carbocycles. The predicted molar refractivity (Wildman–Crippen MR) is 55.9 cm³/mol. The lowest BCUT2D eigenvalue weighted by Crippen LogP contribution is -2.09. The fourth-order valence-electron chi connectivity index (χ4n) is 1.72. The highest BCUT2D eigenvalue weighted by Gasteiger charge is 2.24. The van der Waals surface area contributed by atoms with Crippen LogP contribution in [0.25, 0.3) is 0 Å². The minimum atomic E-state index is -0.121. The zero-order chi connectivity index (χ0) is 9.80. The van der Waals surface area contributed by atoms with Gasteiger partial charge in [0.05, 0.1) is 6.10 Å². The third kappa shape index (κ3) is 3.11. The number of pyridine rings is 1. The lowest BCUT2D eigenvalue weighted by atomic mass is 10.1. The number of aliphatic hydroxyl groups is 1. The lowest BCUT2D eigenvalue weighted by molar-refractivity contribution is 0.148. The van der Waals surface area contributed by atoms with Crippen LogP contribution in [0.15, 0.2) is 24.4 Å². The Morgan fingerprint density at radius 3 is 2.93 bits per heavy atom. The summed E-state index contributed by atoms with van der Waals surface area (Å²) in [5.74, 6) is 0.814. The summed E-state index contributed by atoms with van der Waals surface area (Å²) in [7, 11) is 0. The van der Waals surface area contributed by atoms with E-state index in [1.165, 1.54) is 12.8 Å². The second-order valence-electron chi connectivity index (χ2n) is 4.19. The Morgan fingerprint density at radius 2 is 2.29 bits per heavy atom. The zero-order valence-corrected chi connectivity index (χ0v) is 8.39. The van der Waals surface area contributed by atoms with E-state index in [1.54, 1.807) is 0 Å². The fourth-order valence-corrected chi connectivity index (χ4v) is 1.72. The van der Waals surface area contributed by atoms with Crippen molar-refractivity contribution in [1.29, 1.82) is 0 Å². The first-order chi connectivity index (χ1) is 6.84. The van der Waals surface area contributed by atoms with E-state index in [0.717, 1.165) is 30.9 Å². The Hall–Kier alpha value is -0.890. The summed E-state index contributed by atoms with van der Waals surface area (Å²) in [4.78, 5) is 4.23. The largest absolute Gasteiger partial charge is 0.393 e. The van der Waals surface area contributed by atoms with Gasteiger partial charge in [-0.25, -0.2) is 0 Å². The molecule has 0 spiro atoms. The third-order valence-corrected chi connectivity index (χ3v) is 2.76. The molecule has 0 aliphatic heterocycles. The Labute approximate surface area is 85.0 Å². The highest BCUT2D eigenvalue weighted by atomic mass is 16.3. The maximum atomic E-state index is 9.69. The summed E-state index contributed by atoms with van der Waals surface area (Å²) < 4.78 is 0. The second kappa shape index (κ2) is 4.56. The van der Waals surface area contributed by atoms with E-state index < -0.39 is 0 Å².